The average molecular weight is 398 g/mol. The summed E-state index contributed by atoms with van der Waals surface area (Å²) in [7, 11) is 3.07. The smallest absolute Gasteiger partial charge is 0.337 e. The number of benzene rings is 2. The highest BCUT2D eigenvalue weighted by atomic mass is 32.2. The van der Waals surface area contributed by atoms with Crippen molar-refractivity contribution < 1.29 is 24.2 Å². The number of carboxylic acid groups (broad SMARTS) is 1. The lowest BCUT2D eigenvalue weighted by Crippen LogP contribution is -2.19. The van der Waals surface area contributed by atoms with Crippen molar-refractivity contribution in [1.82, 2.24) is 5.32 Å². The molecule has 0 aliphatic carbocycles. The standard InChI is InChI=1S/C20H18N2O5S/c1-11-7-8-13(19(24)25)14(9-11)21-20-22-18(23)16(28-20)10-12-5-4-6-15(26-2)17(12)27-3/h4-10H,1-3H3,(H,24,25)(H,21,22,23)/b16-10-. The maximum absolute atomic E-state index is 12.3. The van der Waals surface area contributed by atoms with Crippen molar-refractivity contribution in [3.8, 4) is 11.5 Å². The van der Waals surface area contributed by atoms with Gasteiger partial charge < -0.3 is 19.9 Å². The molecule has 1 aliphatic heterocycles. The van der Waals surface area contributed by atoms with Crippen molar-refractivity contribution in [3.63, 3.8) is 0 Å². The molecule has 0 bridgehead atoms. The van der Waals surface area contributed by atoms with Crippen LogP contribution >= 0.6 is 11.8 Å². The molecule has 1 aliphatic rings. The summed E-state index contributed by atoms with van der Waals surface area (Å²) in [6, 6.07) is 10.2. The first-order valence-electron chi connectivity index (χ1n) is 8.27. The van der Waals surface area contributed by atoms with Crippen molar-refractivity contribution in [1.29, 1.82) is 0 Å². The van der Waals surface area contributed by atoms with Crippen molar-refractivity contribution in [2.24, 2.45) is 4.99 Å². The predicted octanol–water partition coefficient (Wildman–Crippen LogP) is 3.60. The van der Waals surface area contributed by atoms with E-state index < -0.39 is 5.97 Å². The number of carboxylic acids is 1. The molecule has 8 heteroatoms. The molecule has 1 saturated heterocycles. The summed E-state index contributed by atoms with van der Waals surface area (Å²) in [6.45, 7) is 1.84. The summed E-state index contributed by atoms with van der Waals surface area (Å²) in [5.74, 6) is -0.327. The number of hydrogen-bond donors (Lipinski definition) is 2. The minimum atomic E-state index is -1.08. The molecule has 0 aromatic heterocycles. The number of thioether (sulfide) groups is 1. The highest BCUT2D eigenvalue weighted by Crippen LogP contribution is 2.35. The molecular formula is C20H18N2O5S. The van der Waals surface area contributed by atoms with Gasteiger partial charge in [0.15, 0.2) is 16.7 Å². The van der Waals surface area contributed by atoms with Crippen molar-refractivity contribution in [2.75, 3.05) is 14.2 Å². The van der Waals surface area contributed by atoms with Gasteiger partial charge in [0.05, 0.1) is 30.4 Å². The molecule has 1 heterocycles. The van der Waals surface area contributed by atoms with E-state index >= 15 is 0 Å². The van der Waals surface area contributed by atoms with Crippen LogP contribution in [0.15, 0.2) is 46.3 Å². The van der Waals surface area contributed by atoms with Gasteiger partial charge >= 0.3 is 5.97 Å². The van der Waals surface area contributed by atoms with Crippen LogP contribution in [0.4, 0.5) is 5.69 Å². The van der Waals surface area contributed by atoms with Gasteiger partial charge in [-0.15, -0.1) is 0 Å². The molecule has 2 aromatic carbocycles. The molecule has 0 saturated carbocycles. The maximum Gasteiger partial charge on any atom is 0.337 e. The van der Waals surface area contributed by atoms with E-state index in [1.165, 1.54) is 13.2 Å². The van der Waals surface area contributed by atoms with Gasteiger partial charge in [-0.2, -0.15) is 0 Å². The number of hydrogen-bond acceptors (Lipinski definition) is 6. The molecule has 2 N–H and O–H groups in total. The summed E-state index contributed by atoms with van der Waals surface area (Å²) in [6.07, 6.45) is 1.68. The van der Waals surface area contributed by atoms with Crippen LogP contribution < -0.4 is 14.8 Å². The van der Waals surface area contributed by atoms with E-state index in [4.69, 9.17) is 9.47 Å². The largest absolute Gasteiger partial charge is 0.493 e. The van der Waals surface area contributed by atoms with Crippen LogP contribution in [0.3, 0.4) is 0 Å². The first kappa shape index (κ1) is 19.5. The number of nitrogens with one attached hydrogen (secondary N) is 1. The molecular weight excluding hydrogens is 380 g/mol. The number of carbonyl (C=O) groups is 2. The third kappa shape index (κ3) is 4.01. The number of para-hydroxylation sites is 1. The van der Waals surface area contributed by atoms with Gasteiger partial charge in [-0.3, -0.25) is 4.79 Å². The van der Waals surface area contributed by atoms with Gasteiger partial charge in [-0.05, 0) is 48.5 Å². The summed E-state index contributed by atoms with van der Waals surface area (Å²) in [5.41, 5.74) is 1.91. The number of carbonyl (C=O) groups excluding carboxylic acids is 1. The lowest BCUT2D eigenvalue weighted by Gasteiger charge is -2.10. The van der Waals surface area contributed by atoms with Crippen LogP contribution in [-0.2, 0) is 4.79 Å². The molecule has 144 valence electrons. The SMILES string of the molecule is COc1cccc(/C=C2\SC(=Nc3cc(C)ccc3C(=O)O)NC2=O)c1OC. The van der Waals surface area contributed by atoms with E-state index in [0.29, 0.717) is 27.1 Å². The van der Waals surface area contributed by atoms with E-state index in [-0.39, 0.29) is 17.2 Å². The van der Waals surface area contributed by atoms with Crippen molar-refractivity contribution in [2.45, 2.75) is 6.92 Å². The van der Waals surface area contributed by atoms with E-state index in [1.54, 1.807) is 43.5 Å². The molecule has 7 nitrogen and oxygen atoms in total. The van der Waals surface area contributed by atoms with E-state index in [9.17, 15) is 14.7 Å². The molecule has 0 atom stereocenters. The van der Waals surface area contributed by atoms with Gasteiger partial charge in [0.1, 0.15) is 0 Å². The monoisotopic (exact) mass is 398 g/mol. The minimum absolute atomic E-state index is 0.0693. The van der Waals surface area contributed by atoms with Crippen LogP contribution in [0, 0.1) is 6.92 Å². The van der Waals surface area contributed by atoms with Crippen LogP contribution in [-0.4, -0.2) is 36.4 Å². The summed E-state index contributed by atoms with van der Waals surface area (Å²) in [4.78, 5) is 28.5. The number of aromatic carboxylic acids is 1. The Morgan fingerprint density at radius 1 is 1.21 bits per heavy atom. The van der Waals surface area contributed by atoms with Gasteiger partial charge in [-0.1, -0.05) is 18.2 Å². The van der Waals surface area contributed by atoms with Crippen molar-refractivity contribution in [3.05, 3.63) is 58.0 Å². The van der Waals surface area contributed by atoms with E-state index in [0.717, 1.165) is 17.3 Å². The number of amidine groups is 1. The van der Waals surface area contributed by atoms with Gasteiger partial charge in [-0.25, -0.2) is 9.79 Å². The third-order valence-corrected chi connectivity index (χ3v) is 4.89. The van der Waals surface area contributed by atoms with E-state index in [2.05, 4.69) is 10.3 Å². The fourth-order valence-electron chi connectivity index (χ4n) is 2.67. The fraction of sp³-hybridized carbons (Fsp3) is 0.150. The Hall–Kier alpha value is -3.26. The van der Waals surface area contributed by atoms with Gasteiger partial charge in [0, 0.05) is 5.56 Å². The maximum atomic E-state index is 12.3. The third-order valence-electron chi connectivity index (χ3n) is 3.98. The number of methoxy groups -OCH3 is 2. The number of nitrogens with zero attached hydrogens (tertiary/aromatic N) is 1. The van der Waals surface area contributed by atoms with Crippen LogP contribution in [0.25, 0.3) is 6.08 Å². The van der Waals surface area contributed by atoms with Gasteiger partial charge in [0.2, 0.25) is 0 Å². The highest BCUT2D eigenvalue weighted by Gasteiger charge is 2.25. The second-order valence-corrected chi connectivity index (χ2v) is 6.92. The Bertz CT molecular complexity index is 1010. The first-order chi connectivity index (χ1) is 13.4. The lowest BCUT2D eigenvalue weighted by molar-refractivity contribution is -0.115. The lowest BCUT2D eigenvalue weighted by atomic mass is 10.1. The zero-order valence-corrected chi connectivity index (χ0v) is 16.3. The number of ether oxygens (including phenoxy) is 2. The van der Waals surface area contributed by atoms with Crippen LogP contribution in [0.5, 0.6) is 11.5 Å². The normalized spacial score (nSPS) is 16.3. The summed E-state index contributed by atoms with van der Waals surface area (Å²) < 4.78 is 10.7. The zero-order valence-electron chi connectivity index (χ0n) is 15.5. The second-order valence-electron chi connectivity index (χ2n) is 5.89. The molecule has 2 aromatic rings. The summed E-state index contributed by atoms with van der Waals surface area (Å²) >= 11 is 1.13. The second kappa shape index (κ2) is 8.18. The molecule has 28 heavy (non-hydrogen) atoms. The van der Waals surface area contributed by atoms with E-state index in [1.807, 2.05) is 6.92 Å². The molecule has 1 amide bonds. The number of rotatable bonds is 5. The number of aryl methyl sites for hydroxylation is 1. The molecule has 0 radical (unpaired) electrons. The zero-order chi connectivity index (χ0) is 20.3. The van der Waals surface area contributed by atoms with Crippen molar-refractivity contribution >= 4 is 40.6 Å². The fourth-order valence-corrected chi connectivity index (χ4v) is 3.50. The van der Waals surface area contributed by atoms with Crippen LogP contribution in [0.1, 0.15) is 21.5 Å². The topological polar surface area (TPSA) is 97.2 Å². The Morgan fingerprint density at radius 2 is 2.00 bits per heavy atom. The molecule has 3 rings (SSSR count). The molecule has 0 spiro atoms. The number of amides is 1. The quantitative estimate of drug-likeness (QED) is 0.747. The Balaban J connectivity index is 1.95. The first-order valence-corrected chi connectivity index (χ1v) is 9.09. The van der Waals surface area contributed by atoms with Crippen LogP contribution in [0.2, 0.25) is 0 Å². The predicted molar refractivity (Wildman–Crippen MR) is 108 cm³/mol. The Morgan fingerprint density at radius 3 is 2.68 bits per heavy atom. The molecule has 0 unspecified atom stereocenters. The Kier molecular flexibility index (Phi) is 5.70. The average Bonchev–Trinajstić information content (AvgIpc) is 3.00. The highest BCUT2D eigenvalue weighted by molar-refractivity contribution is 8.18. The number of aliphatic imine (C=N–C) groups is 1. The molecule has 1 fully saturated rings. The Labute approximate surface area is 166 Å². The summed E-state index contributed by atoms with van der Waals surface area (Å²) in [5, 5.41) is 12.3. The van der Waals surface area contributed by atoms with Gasteiger partial charge in [0.25, 0.3) is 5.91 Å². The minimum Gasteiger partial charge on any atom is -0.493 e.